The molecule has 0 saturated heterocycles. The van der Waals surface area contributed by atoms with Gasteiger partial charge in [-0.05, 0) is 117 Å². The van der Waals surface area contributed by atoms with Crippen LogP contribution >= 0.6 is 45.2 Å². The Morgan fingerprint density at radius 1 is 0.656 bits per heavy atom. The smallest absolute Gasteiger partial charge is 0.429 e. The monoisotopic (exact) mass is 662 g/mol. The molecule has 2 aromatic rings. The van der Waals surface area contributed by atoms with Gasteiger partial charge in [-0.2, -0.15) is 0 Å². The average Bonchev–Trinajstić information content (AvgIpc) is 2.78. The van der Waals surface area contributed by atoms with E-state index < -0.39 is 6.16 Å². The van der Waals surface area contributed by atoms with Crippen LogP contribution in [0.1, 0.15) is 87.5 Å². The Kier molecular flexibility index (Phi) is 13.6. The van der Waals surface area contributed by atoms with E-state index in [1.807, 2.05) is 0 Å². The van der Waals surface area contributed by atoms with E-state index in [0.29, 0.717) is 0 Å². The minimum Gasteiger partial charge on any atom is -0.429 e. The number of rotatable bonds is 14. The standard InChI is InChI=1S/C27H36I2O3/c1-3-5-7-9-11-21-17-25(28)15-13-23(21)19-31-27(30)32-20-24-14-16-26(29)18-22(24)12-10-8-6-4-2/h13-18H,3-12,19-20H2,1-2H3. The van der Waals surface area contributed by atoms with Crippen molar-refractivity contribution in [2.24, 2.45) is 0 Å². The second kappa shape index (κ2) is 15.9. The molecule has 5 heteroatoms. The highest BCUT2D eigenvalue weighted by atomic mass is 127. The summed E-state index contributed by atoms with van der Waals surface area (Å²) in [5, 5.41) is 0. The van der Waals surface area contributed by atoms with Crippen molar-refractivity contribution in [1.29, 1.82) is 0 Å². The normalized spacial score (nSPS) is 10.9. The molecule has 0 bridgehead atoms. The van der Waals surface area contributed by atoms with Crippen LogP contribution in [0.25, 0.3) is 0 Å². The van der Waals surface area contributed by atoms with E-state index in [9.17, 15) is 4.79 Å². The average molecular weight is 662 g/mol. The van der Waals surface area contributed by atoms with Crippen LogP contribution in [0.4, 0.5) is 4.79 Å². The highest BCUT2D eigenvalue weighted by molar-refractivity contribution is 14.1. The number of halogens is 2. The molecule has 0 amide bonds. The molecule has 0 fully saturated rings. The maximum atomic E-state index is 12.3. The molecule has 0 aliphatic carbocycles. The third kappa shape index (κ3) is 10.4. The Morgan fingerprint density at radius 3 is 1.50 bits per heavy atom. The molecule has 0 atom stereocenters. The lowest BCUT2D eigenvalue weighted by Gasteiger charge is -2.13. The number of unbranched alkanes of at least 4 members (excludes halogenated alkanes) is 6. The first kappa shape index (κ1) is 27.4. The van der Waals surface area contributed by atoms with E-state index >= 15 is 0 Å². The van der Waals surface area contributed by atoms with Gasteiger partial charge in [0.25, 0.3) is 0 Å². The van der Waals surface area contributed by atoms with Crippen molar-refractivity contribution in [1.82, 2.24) is 0 Å². The van der Waals surface area contributed by atoms with Gasteiger partial charge in [-0.3, -0.25) is 0 Å². The van der Waals surface area contributed by atoms with E-state index in [1.165, 1.54) is 69.6 Å². The molecule has 0 spiro atoms. The van der Waals surface area contributed by atoms with Crippen molar-refractivity contribution in [2.75, 3.05) is 0 Å². The zero-order valence-electron chi connectivity index (χ0n) is 19.4. The molecule has 2 rings (SSSR count). The molecule has 0 saturated carbocycles. The van der Waals surface area contributed by atoms with Gasteiger partial charge in [-0.25, -0.2) is 4.79 Å². The quantitative estimate of drug-likeness (QED) is 0.115. The van der Waals surface area contributed by atoms with E-state index in [1.54, 1.807) is 0 Å². The van der Waals surface area contributed by atoms with Gasteiger partial charge >= 0.3 is 6.16 Å². The number of carbonyl (C=O) groups is 1. The third-order valence-electron chi connectivity index (χ3n) is 5.63. The van der Waals surface area contributed by atoms with Gasteiger partial charge < -0.3 is 9.47 Å². The first-order valence-electron chi connectivity index (χ1n) is 11.9. The minimum atomic E-state index is -0.601. The van der Waals surface area contributed by atoms with E-state index in [-0.39, 0.29) is 13.2 Å². The molecule has 0 unspecified atom stereocenters. The van der Waals surface area contributed by atoms with Gasteiger partial charge in [-0.1, -0.05) is 64.5 Å². The second-order valence-corrected chi connectivity index (χ2v) is 10.8. The van der Waals surface area contributed by atoms with Gasteiger partial charge in [0.15, 0.2) is 0 Å². The summed E-state index contributed by atoms with van der Waals surface area (Å²) in [6.45, 7) is 4.97. The van der Waals surface area contributed by atoms with E-state index in [4.69, 9.17) is 9.47 Å². The van der Waals surface area contributed by atoms with Crippen LogP contribution in [0, 0.1) is 7.14 Å². The molecular weight excluding hydrogens is 626 g/mol. The third-order valence-corrected chi connectivity index (χ3v) is 6.97. The van der Waals surface area contributed by atoms with Crippen LogP contribution in [-0.2, 0) is 35.5 Å². The number of hydrogen-bond acceptors (Lipinski definition) is 3. The summed E-state index contributed by atoms with van der Waals surface area (Å²) < 4.78 is 13.4. The summed E-state index contributed by atoms with van der Waals surface area (Å²) in [7, 11) is 0. The fourth-order valence-electron chi connectivity index (χ4n) is 3.74. The molecule has 0 radical (unpaired) electrons. The lowest BCUT2D eigenvalue weighted by Crippen LogP contribution is -2.10. The Morgan fingerprint density at radius 2 is 1.09 bits per heavy atom. The van der Waals surface area contributed by atoms with Crippen molar-refractivity contribution in [3.8, 4) is 0 Å². The molecule has 0 aliphatic rings. The number of carbonyl (C=O) groups excluding carboxylic acids is 1. The van der Waals surface area contributed by atoms with Gasteiger partial charge in [0.2, 0.25) is 0 Å². The van der Waals surface area contributed by atoms with Crippen LogP contribution in [0.5, 0.6) is 0 Å². The predicted molar refractivity (Wildman–Crippen MR) is 149 cm³/mol. The summed E-state index contributed by atoms with van der Waals surface area (Å²) in [6, 6.07) is 12.7. The molecule has 0 aromatic heterocycles. The summed E-state index contributed by atoms with van der Waals surface area (Å²) in [6.07, 6.45) is 11.2. The van der Waals surface area contributed by atoms with Crippen molar-refractivity contribution in [3.05, 3.63) is 65.8 Å². The van der Waals surface area contributed by atoms with E-state index in [0.717, 1.165) is 24.0 Å². The fraction of sp³-hybridized carbons (Fsp3) is 0.519. The number of aryl methyl sites for hydroxylation is 2. The maximum Gasteiger partial charge on any atom is 0.508 e. The lowest BCUT2D eigenvalue weighted by atomic mass is 10.0. The SMILES string of the molecule is CCCCCCc1cc(I)ccc1COC(=O)OCc1ccc(I)cc1CCCCCC. The first-order valence-corrected chi connectivity index (χ1v) is 14.0. The highest BCUT2D eigenvalue weighted by Gasteiger charge is 2.11. The van der Waals surface area contributed by atoms with Gasteiger partial charge in [0, 0.05) is 7.14 Å². The van der Waals surface area contributed by atoms with Gasteiger partial charge in [0.05, 0.1) is 0 Å². The number of ether oxygens (including phenoxy) is 2. The summed E-state index contributed by atoms with van der Waals surface area (Å²) in [5.41, 5.74) is 4.69. The first-order chi connectivity index (χ1) is 15.5. The largest absolute Gasteiger partial charge is 0.508 e. The summed E-state index contributed by atoms with van der Waals surface area (Å²) in [4.78, 5) is 12.3. The van der Waals surface area contributed by atoms with Gasteiger partial charge in [0.1, 0.15) is 13.2 Å². The molecule has 3 nitrogen and oxygen atoms in total. The molecular formula is C27H36I2O3. The Labute approximate surface area is 221 Å². The molecule has 176 valence electrons. The van der Waals surface area contributed by atoms with Crippen molar-refractivity contribution in [3.63, 3.8) is 0 Å². The van der Waals surface area contributed by atoms with E-state index in [2.05, 4.69) is 95.4 Å². The summed E-state index contributed by atoms with van der Waals surface area (Å²) in [5.74, 6) is 0. The molecule has 0 heterocycles. The van der Waals surface area contributed by atoms with Crippen LogP contribution in [0.3, 0.4) is 0 Å². The minimum absolute atomic E-state index is 0.259. The molecule has 0 aliphatic heterocycles. The van der Waals surface area contributed by atoms with Crippen molar-refractivity contribution < 1.29 is 14.3 Å². The zero-order chi connectivity index (χ0) is 23.2. The Hall–Kier alpha value is -0.830. The number of hydrogen-bond donors (Lipinski definition) is 0. The lowest BCUT2D eigenvalue weighted by molar-refractivity contribution is 0.0443. The fourth-order valence-corrected chi connectivity index (χ4v) is 4.85. The zero-order valence-corrected chi connectivity index (χ0v) is 23.7. The topological polar surface area (TPSA) is 35.5 Å². The molecule has 32 heavy (non-hydrogen) atoms. The predicted octanol–water partition coefficient (Wildman–Crippen LogP) is 8.99. The second-order valence-electron chi connectivity index (χ2n) is 8.27. The molecule has 2 aromatic carbocycles. The molecule has 0 N–H and O–H groups in total. The van der Waals surface area contributed by atoms with Crippen LogP contribution in [0.2, 0.25) is 0 Å². The van der Waals surface area contributed by atoms with Crippen molar-refractivity contribution in [2.45, 2.75) is 91.3 Å². The van der Waals surface area contributed by atoms with Gasteiger partial charge in [-0.15, -0.1) is 0 Å². The highest BCUT2D eigenvalue weighted by Crippen LogP contribution is 2.20. The van der Waals surface area contributed by atoms with Crippen molar-refractivity contribution >= 4 is 51.3 Å². The number of benzene rings is 2. The van der Waals surface area contributed by atoms with Crippen LogP contribution in [0.15, 0.2) is 36.4 Å². The summed E-state index contributed by atoms with van der Waals surface area (Å²) >= 11 is 4.68. The maximum absolute atomic E-state index is 12.3. The Bertz CT molecular complexity index is 768. The van der Waals surface area contributed by atoms with Crippen LogP contribution < -0.4 is 0 Å². The van der Waals surface area contributed by atoms with Crippen LogP contribution in [-0.4, -0.2) is 6.16 Å². The Balaban J connectivity index is 1.87.